The number of carbonyl (C=O) groups is 1. The van der Waals surface area contributed by atoms with Crippen LogP contribution in [-0.4, -0.2) is 16.0 Å². The van der Waals surface area contributed by atoms with E-state index in [1.807, 2.05) is 12.1 Å². The van der Waals surface area contributed by atoms with Gasteiger partial charge in [0.15, 0.2) is 0 Å². The van der Waals surface area contributed by atoms with Crippen molar-refractivity contribution in [2.75, 3.05) is 16.0 Å². The van der Waals surface area contributed by atoms with Gasteiger partial charge in [-0.3, -0.25) is 5.32 Å². The lowest BCUT2D eigenvalue weighted by molar-refractivity contribution is 0.262. The molecule has 0 bridgehead atoms. The third-order valence-electron chi connectivity index (χ3n) is 3.11. The summed E-state index contributed by atoms with van der Waals surface area (Å²) in [6.07, 6.45) is 1.35. The fourth-order valence-corrected chi connectivity index (χ4v) is 2.34. The van der Waals surface area contributed by atoms with Crippen LogP contribution < -0.4 is 16.0 Å². The van der Waals surface area contributed by atoms with Gasteiger partial charge in [0, 0.05) is 27.5 Å². The average Bonchev–Trinajstić information content (AvgIpc) is 2.57. The van der Waals surface area contributed by atoms with Gasteiger partial charge in [0.2, 0.25) is 0 Å². The minimum atomic E-state index is -0.422. The van der Waals surface area contributed by atoms with E-state index >= 15 is 0 Å². The number of nitrogens with one attached hydrogen (secondary N) is 3. The lowest BCUT2D eigenvalue weighted by Gasteiger charge is -2.09. The smallest absolute Gasteiger partial charge is 0.324 e. The standard InChI is InChI=1S/C17H13Cl2N5O/c18-11-4-6-13(7-5-11)23-17(25)24-16-9-15(20-10-21-16)22-14-3-1-2-12(19)8-14/h1-10H,(H3,20,21,22,23,24,25). The van der Waals surface area contributed by atoms with Crippen molar-refractivity contribution < 1.29 is 4.79 Å². The first-order valence-electron chi connectivity index (χ1n) is 7.27. The normalized spacial score (nSPS) is 10.2. The number of halogens is 2. The van der Waals surface area contributed by atoms with Crippen LogP contribution in [0.15, 0.2) is 60.9 Å². The van der Waals surface area contributed by atoms with Crippen molar-refractivity contribution in [2.45, 2.75) is 0 Å². The molecule has 0 saturated carbocycles. The summed E-state index contributed by atoms with van der Waals surface area (Å²) in [6, 6.07) is 15.2. The summed E-state index contributed by atoms with van der Waals surface area (Å²) < 4.78 is 0. The third-order valence-corrected chi connectivity index (χ3v) is 3.59. The fourth-order valence-electron chi connectivity index (χ4n) is 2.02. The van der Waals surface area contributed by atoms with Gasteiger partial charge in [-0.2, -0.15) is 0 Å². The lowest BCUT2D eigenvalue weighted by Crippen LogP contribution is -2.20. The molecule has 0 aliphatic heterocycles. The number of hydrogen-bond donors (Lipinski definition) is 3. The number of urea groups is 1. The summed E-state index contributed by atoms with van der Waals surface area (Å²) >= 11 is 11.8. The highest BCUT2D eigenvalue weighted by Gasteiger charge is 2.05. The van der Waals surface area contributed by atoms with Gasteiger partial charge >= 0.3 is 6.03 Å². The average molecular weight is 374 g/mol. The highest BCUT2D eigenvalue weighted by atomic mass is 35.5. The molecule has 0 fully saturated rings. The molecule has 0 spiro atoms. The molecule has 126 valence electrons. The maximum atomic E-state index is 12.0. The molecule has 0 atom stereocenters. The molecule has 1 heterocycles. The number of anilines is 4. The molecule has 1 aromatic heterocycles. The summed E-state index contributed by atoms with van der Waals surface area (Å²) in [5.74, 6) is 0.880. The Morgan fingerprint density at radius 1 is 0.800 bits per heavy atom. The van der Waals surface area contributed by atoms with Crippen molar-refractivity contribution in [1.29, 1.82) is 0 Å². The molecule has 2 amide bonds. The van der Waals surface area contributed by atoms with E-state index < -0.39 is 6.03 Å². The van der Waals surface area contributed by atoms with Gasteiger partial charge in [0.1, 0.15) is 18.0 Å². The molecule has 3 N–H and O–H groups in total. The molecular formula is C17H13Cl2N5O. The van der Waals surface area contributed by atoms with E-state index in [0.29, 0.717) is 27.4 Å². The van der Waals surface area contributed by atoms with Gasteiger partial charge in [-0.1, -0.05) is 29.3 Å². The minimum Gasteiger partial charge on any atom is -0.340 e. The van der Waals surface area contributed by atoms with Crippen molar-refractivity contribution in [3.8, 4) is 0 Å². The maximum Gasteiger partial charge on any atom is 0.324 e. The number of carbonyl (C=O) groups excluding carboxylic acids is 1. The number of amides is 2. The van der Waals surface area contributed by atoms with Crippen LogP contribution in [0.3, 0.4) is 0 Å². The number of rotatable bonds is 4. The third kappa shape index (κ3) is 5.07. The largest absolute Gasteiger partial charge is 0.340 e. The van der Waals surface area contributed by atoms with Crippen molar-refractivity contribution in [1.82, 2.24) is 9.97 Å². The zero-order valence-electron chi connectivity index (χ0n) is 12.8. The van der Waals surface area contributed by atoms with Gasteiger partial charge in [-0.25, -0.2) is 14.8 Å². The summed E-state index contributed by atoms with van der Waals surface area (Å²) in [7, 11) is 0. The molecule has 2 aromatic carbocycles. The van der Waals surface area contributed by atoms with E-state index in [0.717, 1.165) is 5.69 Å². The zero-order valence-corrected chi connectivity index (χ0v) is 14.3. The number of benzene rings is 2. The fraction of sp³-hybridized carbons (Fsp3) is 0. The van der Waals surface area contributed by atoms with Gasteiger partial charge in [0.25, 0.3) is 0 Å². The highest BCUT2D eigenvalue weighted by molar-refractivity contribution is 6.31. The van der Waals surface area contributed by atoms with Crippen LogP contribution >= 0.6 is 23.2 Å². The summed E-state index contributed by atoms with van der Waals surface area (Å²) in [6.45, 7) is 0. The SMILES string of the molecule is O=C(Nc1ccc(Cl)cc1)Nc1cc(Nc2cccc(Cl)c2)ncn1. The maximum absolute atomic E-state index is 12.0. The number of hydrogen-bond acceptors (Lipinski definition) is 4. The van der Waals surface area contributed by atoms with E-state index in [9.17, 15) is 4.79 Å². The Kier molecular flexibility index (Phi) is 5.33. The lowest BCUT2D eigenvalue weighted by atomic mass is 10.3. The second-order valence-corrected chi connectivity index (χ2v) is 5.88. The van der Waals surface area contributed by atoms with E-state index in [1.54, 1.807) is 42.5 Å². The molecule has 0 aliphatic rings. The number of nitrogens with zero attached hydrogens (tertiary/aromatic N) is 2. The molecule has 3 aromatic rings. The summed E-state index contributed by atoms with van der Waals surface area (Å²) in [4.78, 5) is 20.2. The van der Waals surface area contributed by atoms with Gasteiger partial charge in [0.05, 0.1) is 0 Å². The van der Waals surface area contributed by atoms with Gasteiger partial charge < -0.3 is 10.6 Å². The zero-order chi connectivity index (χ0) is 17.6. The summed E-state index contributed by atoms with van der Waals surface area (Å²) in [5.41, 5.74) is 1.40. The number of aromatic nitrogens is 2. The van der Waals surface area contributed by atoms with Crippen LogP contribution in [0.25, 0.3) is 0 Å². The quantitative estimate of drug-likeness (QED) is 0.589. The van der Waals surface area contributed by atoms with E-state index in [2.05, 4.69) is 25.9 Å². The first kappa shape index (κ1) is 17.0. The molecule has 0 unspecified atom stereocenters. The predicted molar refractivity (Wildman–Crippen MR) is 101 cm³/mol. The van der Waals surface area contributed by atoms with Crippen molar-refractivity contribution in [2.24, 2.45) is 0 Å². The van der Waals surface area contributed by atoms with Crippen molar-refractivity contribution in [3.63, 3.8) is 0 Å². The Hall–Kier alpha value is -2.83. The minimum absolute atomic E-state index is 0.353. The Morgan fingerprint density at radius 3 is 2.32 bits per heavy atom. The molecule has 25 heavy (non-hydrogen) atoms. The molecule has 6 nitrogen and oxygen atoms in total. The van der Waals surface area contributed by atoms with E-state index in [-0.39, 0.29) is 0 Å². The van der Waals surface area contributed by atoms with Crippen molar-refractivity contribution >= 4 is 52.2 Å². The molecule has 0 radical (unpaired) electrons. The Bertz CT molecular complexity index is 886. The van der Waals surface area contributed by atoms with E-state index in [4.69, 9.17) is 23.2 Å². The Labute approximate surface area is 154 Å². The van der Waals surface area contributed by atoms with Crippen molar-refractivity contribution in [3.05, 3.63) is 71.0 Å². The van der Waals surface area contributed by atoms with Crippen LogP contribution in [-0.2, 0) is 0 Å². The first-order valence-corrected chi connectivity index (χ1v) is 8.02. The van der Waals surface area contributed by atoms with Crippen LogP contribution in [0.5, 0.6) is 0 Å². The molecular weight excluding hydrogens is 361 g/mol. The molecule has 0 aliphatic carbocycles. The Morgan fingerprint density at radius 2 is 1.56 bits per heavy atom. The predicted octanol–water partition coefficient (Wildman–Crippen LogP) is 5.17. The second kappa shape index (κ2) is 7.83. The topological polar surface area (TPSA) is 78.9 Å². The van der Waals surface area contributed by atoms with Gasteiger partial charge in [-0.15, -0.1) is 0 Å². The molecule has 3 rings (SSSR count). The first-order chi connectivity index (χ1) is 12.1. The Balaban J connectivity index is 1.64. The van der Waals surface area contributed by atoms with Crippen LogP contribution in [0.4, 0.5) is 27.8 Å². The monoisotopic (exact) mass is 373 g/mol. The van der Waals surface area contributed by atoms with Crippen LogP contribution in [0, 0.1) is 0 Å². The van der Waals surface area contributed by atoms with E-state index in [1.165, 1.54) is 6.33 Å². The molecule has 8 heteroatoms. The van der Waals surface area contributed by atoms with Crippen LogP contribution in [0.2, 0.25) is 10.0 Å². The van der Waals surface area contributed by atoms with Crippen LogP contribution in [0.1, 0.15) is 0 Å². The highest BCUT2D eigenvalue weighted by Crippen LogP contribution is 2.20. The summed E-state index contributed by atoms with van der Waals surface area (Å²) in [5, 5.41) is 9.63. The van der Waals surface area contributed by atoms with Gasteiger partial charge in [-0.05, 0) is 42.5 Å². The second-order valence-electron chi connectivity index (χ2n) is 5.01. The molecule has 0 saturated heterocycles.